The summed E-state index contributed by atoms with van der Waals surface area (Å²) in [5.74, 6) is -26.7. The second kappa shape index (κ2) is 23.3. The van der Waals surface area contributed by atoms with Crippen molar-refractivity contribution in [3.05, 3.63) is 169 Å². The van der Waals surface area contributed by atoms with Gasteiger partial charge < -0.3 is 14.9 Å². The maximum Gasteiger partial charge on any atom is 4.00 e. The maximum atomic E-state index is 12.0. The van der Waals surface area contributed by atoms with Crippen LogP contribution in [-0.4, -0.2) is 25.4 Å². The van der Waals surface area contributed by atoms with E-state index in [0.717, 1.165) is 53.0 Å². The van der Waals surface area contributed by atoms with Crippen molar-refractivity contribution >= 4 is 25.4 Å². The molecule has 18 heteroatoms. The van der Waals surface area contributed by atoms with Gasteiger partial charge in [-0.2, -0.15) is 0 Å². The number of hydrogen-bond donors (Lipinski definition) is 0. The van der Waals surface area contributed by atoms with Gasteiger partial charge in [-0.3, -0.25) is 26.3 Å². The Labute approximate surface area is 358 Å². The van der Waals surface area contributed by atoms with Gasteiger partial charge in [0.05, 0.1) is 95.3 Å². The molecule has 2 fully saturated rings. The zero-order chi connectivity index (χ0) is 40.2. The van der Waals surface area contributed by atoms with Gasteiger partial charge in [-0.25, -0.2) is 39.5 Å². The second-order valence-corrected chi connectivity index (χ2v) is 18.4. The molecule has 0 radical (unpaired) electrons. The van der Waals surface area contributed by atoms with Crippen LogP contribution in [0.15, 0.2) is 48.6 Å². The van der Waals surface area contributed by atoms with E-state index in [-0.39, 0.29) is 58.4 Å². The number of fused-ring (bicyclic) bond motifs is 2. The van der Waals surface area contributed by atoms with Crippen LogP contribution in [0.2, 0.25) is 24.2 Å². The molecule has 4 aliphatic carbocycles. The normalized spacial score (nSPS) is 21.8. The number of allylic oxidation sites excluding steroid dienone is 8. The molecule has 58 heavy (non-hydrogen) atoms. The smallest absolute Gasteiger partial charge is 0.358 e. The van der Waals surface area contributed by atoms with E-state index in [1.165, 1.54) is 25.7 Å². The SMILES string of the molecule is C[Si](C)(C1CCC2C=CC=CC21)C1CCC2C=CC=CC21.Fc1[c-]c(F)c(F)c(F)c1F.Fc1[c-]c(F)c(F)c(F)c1F.Fc1[c-]c(F)c(F)c(F)c1F.[Al+3].[CH3-].[CH3-].[Zr+4]. The third kappa shape index (κ3) is 12.2. The van der Waals surface area contributed by atoms with Crippen molar-refractivity contribution in [1.82, 2.24) is 0 Å². The van der Waals surface area contributed by atoms with Crippen molar-refractivity contribution in [3.63, 3.8) is 0 Å². The van der Waals surface area contributed by atoms with Crippen LogP contribution in [0.3, 0.4) is 0 Å². The summed E-state index contributed by atoms with van der Waals surface area (Å²) in [6.45, 7) is 5.43. The van der Waals surface area contributed by atoms with Crippen molar-refractivity contribution in [1.29, 1.82) is 0 Å². The first kappa shape index (κ1) is 55.2. The van der Waals surface area contributed by atoms with E-state index >= 15 is 0 Å². The van der Waals surface area contributed by atoms with Crippen LogP contribution in [0, 0.1) is 144 Å². The predicted molar refractivity (Wildman–Crippen MR) is 188 cm³/mol. The molecule has 0 amide bonds. The zero-order valence-electron chi connectivity index (χ0n) is 31.2. The molecule has 0 bridgehead atoms. The number of halogens is 15. The molecule has 3 aromatic carbocycles. The molecule has 0 heterocycles. The Balaban J connectivity index is 0.000000770. The average molecular weight is 946 g/mol. The molecule has 3 aromatic rings. The van der Waals surface area contributed by atoms with Gasteiger partial charge in [-0.1, -0.05) is 74.5 Å². The molecule has 0 saturated heterocycles. The monoisotopic (exact) mass is 944 g/mol. The largest absolute Gasteiger partial charge is 4.00 e. The topological polar surface area (TPSA) is 0 Å². The Hall–Kier alpha value is -2.80. The van der Waals surface area contributed by atoms with Crippen molar-refractivity contribution in [2.45, 2.75) is 49.9 Å². The van der Waals surface area contributed by atoms with E-state index in [4.69, 9.17) is 0 Å². The van der Waals surface area contributed by atoms with E-state index in [1.807, 2.05) is 0 Å². The summed E-state index contributed by atoms with van der Waals surface area (Å²) in [4.78, 5) is 0. The molecule has 6 unspecified atom stereocenters. The van der Waals surface area contributed by atoms with Gasteiger partial charge in [0.25, 0.3) is 0 Å². The summed E-state index contributed by atoms with van der Waals surface area (Å²) < 4.78 is 180. The Bertz CT molecular complexity index is 1710. The Morgan fingerprint density at radius 2 is 0.621 bits per heavy atom. The van der Waals surface area contributed by atoms with Gasteiger partial charge in [0.15, 0.2) is 0 Å². The van der Waals surface area contributed by atoms with Crippen LogP contribution in [0.4, 0.5) is 65.9 Å². The van der Waals surface area contributed by atoms with Crippen molar-refractivity contribution in [2.75, 3.05) is 0 Å². The molecule has 0 nitrogen and oxygen atoms in total. The minimum absolute atomic E-state index is 0. The van der Waals surface area contributed by atoms with E-state index in [0.29, 0.717) is 0 Å². The van der Waals surface area contributed by atoms with Gasteiger partial charge in [-0.15, -0.1) is 18.2 Å². The van der Waals surface area contributed by atoms with Crippen LogP contribution in [0.5, 0.6) is 0 Å². The second-order valence-electron chi connectivity index (χ2n) is 13.3. The van der Waals surface area contributed by atoms with Crippen LogP contribution >= 0.6 is 0 Å². The van der Waals surface area contributed by atoms with Crippen LogP contribution in [0.25, 0.3) is 0 Å². The molecule has 0 spiro atoms. The Morgan fingerprint density at radius 3 is 0.862 bits per heavy atom. The number of benzene rings is 3. The molecule has 0 N–H and O–H groups in total. The summed E-state index contributed by atoms with van der Waals surface area (Å²) in [7, 11) is -1.22. The zero-order valence-corrected chi connectivity index (χ0v) is 35.8. The molecule has 7 rings (SSSR count). The van der Waals surface area contributed by atoms with Crippen LogP contribution in [0.1, 0.15) is 25.7 Å². The van der Waals surface area contributed by atoms with E-state index in [9.17, 15) is 65.9 Å². The van der Waals surface area contributed by atoms with Crippen molar-refractivity contribution in [3.8, 4) is 0 Å². The third-order valence-electron chi connectivity index (χ3n) is 10.0. The molecular weight excluding hydrogens is 912 g/mol. The maximum absolute atomic E-state index is 12.0. The van der Waals surface area contributed by atoms with Gasteiger partial charge in [-0.05, 0) is 47.6 Å². The molecule has 0 aromatic heterocycles. The Morgan fingerprint density at radius 1 is 0.397 bits per heavy atom. The first-order valence-corrected chi connectivity index (χ1v) is 19.4. The van der Waals surface area contributed by atoms with Crippen LogP contribution < -0.4 is 0 Å². The molecule has 308 valence electrons. The fourth-order valence-electron chi connectivity index (χ4n) is 7.41. The molecule has 2 saturated carbocycles. The van der Waals surface area contributed by atoms with E-state index in [1.54, 1.807) is 0 Å². The molecule has 0 aliphatic heterocycles. The van der Waals surface area contributed by atoms with Gasteiger partial charge in [0, 0.05) is 0 Å². The fraction of sp³-hybridized carbons (Fsp3) is 0.300. The summed E-state index contributed by atoms with van der Waals surface area (Å²) in [5, 5.41) is 0. The minimum Gasteiger partial charge on any atom is -0.358 e. The van der Waals surface area contributed by atoms with Gasteiger partial charge >= 0.3 is 43.6 Å². The third-order valence-corrected chi connectivity index (χ3v) is 15.2. The number of hydrogen-bond acceptors (Lipinski definition) is 0. The van der Waals surface area contributed by atoms with E-state index in [2.05, 4.69) is 61.7 Å². The molecular formula is C40H34AlF15SiZr+2. The summed E-state index contributed by atoms with van der Waals surface area (Å²) in [6, 6.07) is 3.07. The predicted octanol–water partition coefficient (Wildman–Crippen LogP) is 12.8. The van der Waals surface area contributed by atoms with Crippen molar-refractivity contribution in [2.24, 2.45) is 23.7 Å². The number of rotatable bonds is 2. The molecule has 6 atom stereocenters. The summed E-state index contributed by atoms with van der Waals surface area (Å²) in [5.41, 5.74) is 2.01. The first-order valence-electron chi connectivity index (χ1n) is 16.2. The standard InChI is InChI=1S/C20H28Si.3C6F5.2CH3.Al.Zr/c1-21(2,19-13-11-15-7-3-5-9-17(15)19)20-14-12-16-8-4-6-10-18(16)20;3*7-2-1-3(8)5(10)6(11)4(2)9;;;;/h3-10,15-20H,11-14H2,1-2H3;;;;2*1H3;;/q;5*-1;+3;+4. The van der Waals surface area contributed by atoms with Crippen LogP contribution in [-0.2, 0) is 26.2 Å². The Kier molecular flexibility index (Phi) is 22.1. The fourth-order valence-corrected chi connectivity index (χ4v) is 12.5. The van der Waals surface area contributed by atoms with Crippen molar-refractivity contribution < 1.29 is 92.1 Å². The first-order chi connectivity index (χ1) is 25.3. The van der Waals surface area contributed by atoms with Gasteiger partial charge in [0.2, 0.25) is 0 Å². The average Bonchev–Trinajstić information content (AvgIpc) is 3.80. The molecule has 4 aliphatic rings. The summed E-state index contributed by atoms with van der Waals surface area (Å²) >= 11 is 0. The minimum atomic E-state index is -2.17. The van der Waals surface area contributed by atoms with Gasteiger partial charge in [0.1, 0.15) is 0 Å². The van der Waals surface area contributed by atoms with E-state index < -0.39 is 95.3 Å². The summed E-state index contributed by atoms with van der Waals surface area (Å²) in [6.07, 6.45) is 25.1. The quantitative estimate of drug-likeness (QED) is 0.0790.